The molecule has 1 atom stereocenters. The van der Waals surface area contributed by atoms with E-state index in [0.29, 0.717) is 22.1 Å². The minimum absolute atomic E-state index is 0.260. The average Bonchev–Trinajstić information content (AvgIpc) is 2.74. The molecule has 1 amide bonds. The van der Waals surface area contributed by atoms with Crippen LogP contribution >= 0.6 is 11.6 Å². The molecule has 0 fully saturated rings. The Balaban J connectivity index is 2.15. The molecule has 0 aliphatic heterocycles. The van der Waals surface area contributed by atoms with E-state index >= 15 is 0 Å². The van der Waals surface area contributed by atoms with E-state index in [4.69, 9.17) is 17.3 Å². The number of benzene rings is 1. The van der Waals surface area contributed by atoms with Crippen molar-refractivity contribution in [3.63, 3.8) is 0 Å². The van der Waals surface area contributed by atoms with Crippen molar-refractivity contribution in [1.82, 2.24) is 20.1 Å². The summed E-state index contributed by atoms with van der Waals surface area (Å²) in [4.78, 5) is 12.1. The third-order valence-corrected chi connectivity index (χ3v) is 2.88. The largest absolute Gasteiger partial charge is 0.399 e. The summed E-state index contributed by atoms with van der Waals surface area (Å²) in [5.41, 5.74) is 6.52. The molecule has 1 heterocycles. The molecular formula is C12H14ClN5O. The molecule has 1 aromatic heterocycles. The highest BCUT2D eigenvalue weighted by Gasteiger charge is 2.15. The number of carbonyl (C=O) groups excluding carboxylic acids is 1. The van der Waals surface area contributed by atoms with E-state index in [9.17, 15) is 4.79 Å². The first kappa shape index (κ1) is 13.4. The molecule has 1 aromatic carbocycles. The Kier molecular flexibility index (Phi) is 3.71. The van der Waals surface area contributed by atoms with Gasteiger partial charge in [0, 0.05) is 23.3 Å². The Morgan fingerprint density at radius 1 is 1.47 bits per heavy atom. The molecule has 0 aliphatic carbocycles. The normalized spacial score (nSPS) is 12.2. The topological polar surface area (TPSA) is 85.8 Å². The fourth-order valence-electron chi connectivity index (χ4n) is 1.77. The van der Waals surface area contributed by atoms with Crippen LogP contribution in [0, 0.1) is 0 Å². The van der Waals surface area contributed by atoms with Crippen LogP contribution in [0.2, 0.25) is 5.02 Å². The zero-order valence-corrected chi connectivity index (χ0v) is 11.3. The predicted molar refractivity (Wildman–Crippen MR) is 72.7 cm³/mol. The molecule has 100 valence electrons. The highest BCUT2D eigenvalue weighted by Crippen LogP contribution is 2.17. The number of halogens is 1. The van der Waals surface area contributed by atoms with Gasteiger partial charge in [-0.3, -0.25) is 4.79 Å². The lowest BCUT2D eigenvalue weighted by Crippen LogP contribution is -2.28. The zero-order chi connectivity index (χ0) is 14.0. The van der Waals surface area contributed by atoms with Gasteiger partial charge < -0.3 is 15.6 Å². The van der Waals surface area contributed by atoms with E-state index in [1.54, 1.807) is 29.1 Å². The molecule has 0 saturated heterocycles. The van der Waals surface area contributed by atoms with Gasteiger partial charge >= 0.3 is 0 Å². The number of nitrogens with two attached hydrogens (primary N) is 1. The Labute approximate surface area is 115 Å². The zero-order valence-electron chi connectivity index (χ0n) is 10.6. The van der Waals surface area contributed by atoms with Crippen molar-refractivity contribution < 1.29 is 4.79 Å². The van der Waals surface area contributed by atoms with Crippen LogP contribution in [0.25, 0.3) is 0 Å². The molecule has 6 nitrogen and oxygen atoms in total. The lowest BCUT2D eigenvalue weighted by atomic mass is 10.1. The standard InChI is InChI=1S/C12H14ClN5O/c1-7(11-17-15-6-18(11)2)16-12(19)8-3-9(13)5-10(14)4-8/h3-7H,14H2,1-2H3,(H,16,19). The summed E-state index contributed by atoms with van der Waals surface area (Å²) in [5, 5.41) is 11.0. The number of nitrogen functional groups attached to an aromatic ring is 1. The van der Waals surface area contributed by atoms with Crippen LogP contribution < -0.4 is 11.1 Å². The summed E-state index contributed by atoms with van der Waals surface area (Å²) >= 11 is 5.87. The van der Waals surface area contributed by atoms with Gasteiger partial charge in [-0.05, 0) is 25.1 Å². The third kappa shape index (κ3) is 3.03. The van der Waals surface area contributed by atoms with Crippen LogP contribution in [-0.2, 0) is 7.05 Å². The summed E-state index contributed by atoms with van der Waals surface area (Å²) in [6, 6.07) is 4.46. The molecule has 0 spiro atoms. The number of aryl methyl sites for hydroxylation is 1. The maximum Gasteiger partial charge on any atom is 0.251 e. The van der Waals surface area contributed by atoms with E-state index in [1.165, 1.54) is 0 Å². The van der Waals surface area contributed by atoms with Crippen molar-refractivity contribution in [2.24, 2.45) is 7.05 Å². The first-order chi connectivity index (χ1) is 8.97. The van der Waals surface area contributed by atoms with Gasteiger partial charge in [-0.1, -0.05) is 11.6 Å². The lowest BCUT2D eigenvalue weighted by Gasteiger charge is -2.13. The summed E-state index contributed by atoms with van der Waals surface area (Å²) in [7, 11) is 1.81. The van der Waals surface area contributed by atoms with Gasteiger partial charge in [-0.2, -0.15) is 0 Å². The monoisotopic (exact) mass is 279 g/mol. The summed E-state index contributed by atoms with van der Waals surface area (Å²) in [6.45, 7) is 1.83. The number of anilines is 1. The quantitative estimate of drug-likeness (QED) is 0.835. The van der Waals surface area contributed by atoms with E-state index < -0.39 is 0 Å². The highest BCUT2D eigenvalue weighted by atomic mass is 35.5. The van der Waals surface area contributed by atoms with Crippen molar-refractivity contribution in [3.05, 3.63) is 40.9 Å². The number of aromatic nitrogens is 3. The Morgan fingerprint density at radius 3 is 2.79 bits per heavy atom. The van der Waals surface area contributed by atoms with Crippen LogP contribution in [-0.4, -0.2) is 20.7 Å². The van der Waals surface area contributed by atoms with Gasteiger partial charge in [0.1, 0.15) is 6.33 Å². The second-order valence-electron chi connectivity index (χ2n) is 4.27. The van der Waals surface area contributed by atoms with E-state index in [0.717, 1.165) is 0 Å². The van der Waals surface area contributed by atoms with E-state index in [2.05, 4.69) is 15.5 Å². The van der Waals surface area contributed by atoms with Gasteiger partial charge in [0.2, 0.25) is 0 Å². The third-order valence-electron chi connectivity index (χ3n) is 2.66. The van der Waals surface area contributed by atoms with Crippen molar-refractivity contribution in [1.29, 1.82) is 0 Å². The van der Waals surface area contributed by atoms with Crippen LogP contribution in [0.1, 0.15) is 29.1 Å². The van der Waals surface area contributed by atoms with Gasteiger partial charge in [0.25, 0.3) is 5.91 Å². The van der Waals surface area contributed by atoms with Crippen LogP contribution in [0.3, 0.4) is 0 Å². The fraction of sp³-hybridized carbons (Fsp3) is 0.250. The Bertz CT molecular complexity index is 590. The predicted octanol–water partition coefficient (Wildman–Crippen LogP) is 1.54. The van der Waals surface area contributed by atoms with Crippen molar-refractivity contribution in [2.75, 3.05) is 5.73 Å². The molecular weight excluding hydrogens is 266 g/mol. The molecule has 2 rings (SSSR count). The smallest absolute Gasteiger partial charge is 0.251 e. The number of rotatable bonds is 3. The number of nitrogens with one attached hydrogen (secondary N) is 1. The number of hydrogen-bond donors (Lipinski definition) is 2. The molecule has 3 N–H and O–H groups in total. The highest BCUT2D eigenvalue weighted by molar-refractivity contribution is 6.31. The van der Waals surface area contributed by atoms with Gasteiger partial charge in [-0.15, -0.1) is 10.2 Å². The van der Waals surface area contributed by atoms with Crippen molar-refractivity contribution >= 4 is 23.2 Å². The van der Waals surface area contributed by atoms with Crippen LogP contribution in [0.15, 0.2) is 24.5 Å². The Morgan fingerprint density at radius 2 is 2.21 bits per heavy atom. The molecule has 0 bridgehead atoms. The maximum absolute atomic E-state index is 12.1. The summed E-state index contributed by atoms with van der Waals surface area (Å²) in [5.74, 6) is 0.410. The van der Waals surface area contributed by atoms with E-state index in [1.807, 2.05) is 14.0 Å². The molecule has 1 unspecified atom stereocenters. The molecule has 0 radical (unpaired) electrons. The van der Waals surface area contributed by atoms with Gasteiger partial charge in [0.15, 0.2) is 5.82 Å². The molecule has 0 aliphatic rings. The van der Waals surface area contributed by atoms with Crippen LogP contribution in [0.5, 0.6) is 0 Å². The summed E-state index contributed by atoms with van der Waals surface area (Å²) in [6.07, 6.45) is 1.58. The molecule has 7 heteroatoms. The van der Waals surface area contributed by atoms with Crippen molar-refractivity contribution in [3.8, 4) is 0 Å². The number of hydrogen-bond acceptors (Lipinski definition) is 4. The lowest BCUT2D eigenvalue weighted by molar-refractivity contribution is 0.0938. The molecule has 19 heavy (non-hydrogen) atoms. The minimum atomic E-state index is -0.264. The van der Waals surface area contributed by atoms with Crippen molar-refractivity contribution in [2.45, 2.75) is 13.0 Å². The number of carbonyl (C=O) groups is 1. The van der Waals surface area contributed by atoms with Crippen LogP contribution in [0.4, 0.5) is 5.69 Å². The number of amides is 1. The maximum atomic E-state index is 12.1. The average molecular weight is 280 g/mol. The second kappa shape index (κ2) is 5.27. The van der Waals surface area contributed by atoms with Gasteiger partial charge in [-0.25, -0.2) is 0 Å². The minimum Gasteiger partial charge on any atom is -0.399 e. The fourth-order valence-corrected chi connectivity index (χ4v) is 2.02. The first-order valence-corrected chi connectivity index (χ1v) is 6.06. The Hall–Kier alpha value is -2.08. The first-order valence-electron chi connectivity index (χ1n) is 5.68. The SMILES string of the molecule is CC(NC(=O)c1cc(N)cc(Cl)c1)c1nncn1C. The van der Waals surface area contributed by atoms with Gasteiger partial charge in [0.05, 0.1) is 6.04 Å². The number of nitrogens with zero attached hydrogens (tertiary/aromatic N) is 3. The van der Waals surface area contributed by atoms with E-state index in [-0.39, 0.29) is 11.9 Å². The summed E-state index contributed by atoms with van der Waals surface area (Å²) < 4.78 is 1.75. The molecule has 2 aromatic rings. The molecule has 0 saturated carbocycles. The second-order valence-corrected chi connectivity index (χ2v) is 4.70.